The van der Waals surface area contributed by atoms with Crippen LogP contribution in [0.2, 0.25) is 0 Å². The lowest BCUT2D eigenvalue weighted by atomic mass is 10.2. The van der Waals surface area contributed by atoms with Crippen molar-refractivity contribution in [3.8, 4) is 0 Å². The van der Waals surface area contributed by atoms with E-state index < -0.39 is 10.0 Å². The zero-order chi connectivity index (χ0) is 19.2. The normalized spacial score (nSPS) is 15.5. The number of hydrogen-bond acceptors (Lipinski definition) is 5. The summed E-state index contributed by atoms with van der Waals surface area (Å²) in [5, 5.41) is 5.45. The average Bonchev–Trinajstić information content (AvgIpc) is 2.64. The van der Waals surface area contributed by atoms with Crippen molar-refractivity contribution in [1.82, 2.24) is 9.62 Å². The van der Waals surface area contributed by atoms with Gasteiger partial charge in [-0.1, -0.05) is 0 Å². The fraction of sp³-hybridized carbons (Fsp3) is 0.588. The minimum atomic E-state index is -3.63. The van der Waals surface area contributed by atoms with Gasteiger partial charge in [0.1, 0.15) is 0 Å². The van der Waals surface area contributed by atoms with Gasteiger partial charge in [-0.2, -0.15) is 4.31 Å². The van der Waals surface area contributed by atoms with Crippen molar-refractivity contribution in [1.29, 1.82) is 0 Å². The number of nitrogens with one attached hydrogen (secondary N) is 2. The smallest absolute Gasteiger partial charge is 0.319 e. The summed E-state index contributed by atoms with van der Waals surface area (Å²) in [5.74, 6) is 0. The van der Waals surface area contributed by atoms with E-state index in [0.717, 1.165) is 18.8 Å². The standard InChI is InChI=1S/C17H28N4O4S/c1-4-18-17(22)19-15-13-14(7-8-16(15)20(5-2)6-3)26(23,24)21-9-11-25-12-10-21/h7-8,13H,4-6,9-12H2,1-3H3,(H2,18,19,22). The molecule has 0 saturated carbocycles. The second-order valence-corrected chi connectivity index (χ2v) is 7.79. The number of nitrogens with zero attached hydrogens (tertiary/aromatic N) is 2. The maximum absolute atomic E-state index is 12.9. The van der Waals surface area contributed by atoms with Crippen molar-refractivity contribution >= 4 is 27.4 Å². The topological polar surface area (TPSA) is 91.0 Å². The van der Waals surface area contributed by atoms with E-state index in [2.05, 4.69) is 15.5 Å². The molecule has 9 heteroatoms. The first kappa shape index (κ1) is 20.5. The Morgan fingerprint density at radius 3 is 2.42 bits per heavy atom. The van der Waals surface area contributed by atoms with Gasteiger partial charge in [0.2, 0.25) is 10.0 Å². The molecule has 1 aliphatic rings. The van der Waals surface area contributed by atoms with Crippen LogP contribution in [0.25, 0.3) is 0 Å². The number of carbonyl (C=O) groups is 1. The van der Waals surface area contributed by atoms with Gasteiger partial charge in [-0.15, -0.1) is 0 Å². The van der Waals surface area contributed by atoms with Crippen LogP contribution in [0.1, 0.15) is 20.8 Å². The lowest BCUT2D eigenvalue weighted by molar-refractivity contribution is 0.0730. The van der Waals surface area contributed by atoms with Gasteiger partial charge in [-0.25, -0.2) is 13.2 Å². The van der Waals surface area contributed by atoms with Crippen molar-refractivity contribution in [3.05, 3.63) is 18.2 Å². The molecule has 1 aromatic carbocycles. The van der Waals surface area contributed by atoms with Crippen LogP contribution < -0.4 is 15.5 Å². The molecule has 0 aromatic heterocycles. The molecule has 1 aliphatic heterocycles. The third kappa shape index (κ3) is 4.66. The second kappa shape index (κ2) is 9.20. The highest BCUT2D eigenvalue weighted by atomic mass is 32.2. The highest BCUT2D eigenvalue weighted by Gasteiger charge is 2.27. The van der Waals surface area contributed by atoms with Gasteiger partial charge in [-0.05, 0) is 39.0 Å². The summed E-state index contributed by atoms with van der Waals surface area (Å²) in [4.78, 5) is 14.2. The molecular formula is C17H28N4O4S. The molecule has 0 aliphatic carbocycles. The zero-order valence-electron chi connectivity index (χ0n) is 15.6. The van der Waals surface area contributed by atoms with Crippen molar-refractivity contribution in [3.63, 3.8) is 0 Å². The molecule has 1 aromatic rings. The Kier molecular flexibility index (Phi) is 7.24. The first-order chi connectivity index (χ1) is 12.4. The van der Waals surface area contributed by atoms with E-state index in [0.29, 0.717) is 38.5 Å². The molecule has 2 amide bonds. The fourth-order valence-corrected chi connectivity index (χ4v) is 4.31. The molecule has 1 saturated heterocycles. The first-order valence-corrected chi connectivity index (χ1v) is 10.4. The number of morpholine rings is 1. The Labute approximate surface area is 155 Å². The molecule has 0 radical (unpaired) electrons. The minimum Gasteiger partial charge on any atom is -0.379 e. The first-order valence-electron chi connectivity index (χ1n) is 8.95. The lowest BCUT2D eigenvalue weighted by Gasteiger charge is -2.28. The third-order valence-corrected chi connectivity index (χ3v) is 6.16. The quantitative estimate of drug-likeness (QED) is 0.747. The molecule has 146 valence electrons. The predicted octanol–water partition coefficient (Wildman–Crippen LogP) is 1.70. The fourth-order valence-electron chi connectivity index (χ4n) is 2.88. The monoisotopic (exact) mass is 384 g/mol. The molecule has 1 heterocycles. The van der Waals surface area contributed by atoms with Gasteiger partial charge >= 0.3 is 6.03 Å². The van der Waals surface area contributed by atoms with Crippen LogP contribution in [0.15, 0.2) is 23.1 Å². The molecule has 0 spiro atoms. The Bertz CT molecular complexity index is 713. The maximum Gasteiger partial charge on any atom is 0.319 e. The SMILES string of the molecule is CCNC(=O)Nc1cc(S(=O)(=O)N2CCOCC2)ccc1N(CC)CC. The number of rotatable bonds is 7. The number of anilines is 2. The molecule has 0 unspecified atom stereocenters. The lowest BCUT2D eigenvalue weighted by Crippen LogP contribution is -2.40. The molecule has 1 fully saturated rings. The van der Waals surface area contributed by atoms with E-state index in [4.69, 9.17) is 4.74 Å². The Hall–Kier alpha value is -1.84. The molecule has 26 heavy (non-hydrogen) atoms. The van der Waals surface area contributed by atoms with Crippen molar-refractivity contribution in [2.45, 2.75) is 25.7 Å². The van der Waals surface area contributed by atoms with Crippen LogP contribution in [-0.4, -0.2) is 64.7 Å². The zero-order valence-corrected chi connectivity index (χ0v) is 16.4. The van der Waals surface area contributed by atoms with E-state index in [9.17, 15) is 13.2 Å². The molecule has 2 N–H and O–H groups in total. The van der Waals surface area contributed by atoms with Crippen LogP contribution in [0.5, 0.6) is 0 Å². The molecular weight excluding hydrogens is 356 g/mol. The summed E-state index contributed by atoms with van der Waals surface area (Å²) in [5.41, 5.74) is 1.27. The molecule has 8 nitrogen and oxygen atoms in total. The van der Waals surface area contributed by atoms with Gasteiger partial charge in [0, 0.05) is 32.7 Å². The van der Waals surface area contributed by atoms with E-state index in [-0.39, 0.29) is 10.9 Å². The largest absolute Gasteiger partial charge is 0.379 e. The van der Waals surface area contributed by atoms with E-state index in [1.54, 1.807) is 12.1 Å². The van der Waals surface area contributed by atoms with Gasteiger partial charge in [0.15, 0.2) is 0 Å². The van der Waals surface area contributed by atoms with Crippen LogP contribution in [0.3, 0.4) is 0 Å². The van der Waals surface area contributed by atoms with Crippen molar-refractivity contribution in [2.75, 3.05) is 56.2 Å². The number of urea groups is 1. The Morgan fingerprint density at radius 2 is 1.85 bits per heavy atom. The molecule has 0 bridgehead atoms. The highest BCUT2D eigenvalue weighted by Crippen LogP contribution is 2.30. The van der Waals surface area contributed by atoms with Crippen LogP contribution in [-0.2, 0) is 14.8 Å². The molecule has 0 atom stereocenters. The van der Waals surface area contributed by atoms with Crippen LogP contribution >= 0.6 is 0 Å². The Balaban J connectivity index is 2.40. The predicted molar refractivity (Wildman–Crippen MR) is 102 cm³/mol. The number of carbonyl (C=O) groups excluding carboxylic acids is 1. The maximum atomic E-state index is 12.9. The second-order valence-electron chi connectivity index (χ2n) is 5.85. The van der Waals surface area contributed by atoms with Gasteiger partial charge in [0.25, 0.3) is 0 Å². The summed E-state index contributed by atoms with van der Waals surface area (Å²) < 4.78 is 32.5. The minimum absolute atomic E-state index is 0.169. The summed E-state index contributed by atoms with van der Waals surface area (Å²) in [7, 11) is -3.63. The van der Waals surface area contributed by atoms with E-state index in [1.807, 2.05) is 20.8 Å². The number of hydrogen-bond donors (Lipinski definition) is 2. The van der Waals surface area contributed by atoms with Gasteiger partial charge in [0.05, 0.1) is 29.5 Å². The Morgan fingerprint density at radius 1 is 1.19 bits per heavy atom. The molecule has 2 rings (SSSR count). The summed E-state index contributed by atoms with van der Waals surface area (Å²) in [6, 6.07) is 4.53. The van der Waals surface area contributed by atoms with Crippen molar-refractivity contribution in [2.24, 2.45) is 0 Å². The van der Waals surface area contributed by atoms with E-state index >= 15 is 0 Å². The van der Waals surface area contributed by atoms with Gasteiger partial charge in [-0.3, -0.25) is 0 Å². The number of amides is 2. The van der Waals surface area contributed by atoms with Crippen LogP contribution in [0, 0.1) is 0 Å². The van der Waals surface area contributed by atoms with Crippen LogP contribution in [0.4, 0.5) is 16.2 Å². The summed E-state index contributed by atoms with van der Waals surface area (Å²) in [6.07, 6.45) is 0. The number of ether oxygens (including phenoxy) is 1. The highest BCUT2D eigenvalue weighted by molar-refractivity contribution is 7.89. The van der Waals surface area contributed by atoms with Crippen molar-refractivity contribution < 1.29 is 17.9 Å². The number of sulfonamides is 1. The third-order valence-electron chi connectivity index (χ3n) is 4.27. The summed E-state index contributed by atoms with van der Waals surface area (Å²) >= 11 is 0. The average molecular weight is 385 g/mol. The van der Waals surface area contributed by atoms with E-state index in [1.165, 1.54) is 10.4 Å². The number of benzene rings is 1. The summed E-state index contributed by atoms with van der Waals surface area (Å²) in [6.45, 7) is 9.27. The van der Waals surface area contributed by atoms with Gasteiger partial charge < -0.3 is 20.3 Å².